The minimum absolute atomic E-state index is 0.965. The lowest BCUT2D eigenvalue weighted by atomic mass is 10.1. The third-order valence-corrected chi connectivity index (χ3v) is 5.36. The number of halogens is 3. The van der Waals surface area contributed by atoms with Crippen LogP contribution >= 0.6 is 47.8 Å². The molecule has 0 saturated heterocycles. The van der Waals surface area contributed by atoms with Gasteiger partial charge in [0.05, 0.1) is 9.99 Å². The Morgan fingerprint density at radius 2 is 1.53 bits per heavy atom. The maximum atomic E-state index is 4.51. The molecule has 4 heteroatoms. The lowest BCUT2D eigenvalue weighted by molar-refractivity contribution is 1.39. The molecule has 0 spiro atoms. The van der Waals surface area contributed by atoms with Gasteiger partial charge in [-0.05, 0) is 43.3 Å². The SMILES string of the molecule is Brc1cnc2c(cc(Br)c3ccccc32)c1Br. The highest BCUT2D eigenvalue weighted by Gasteiger charge is 2.09. The van der Waals surface area contributed by atoms with Crippen molar-refractivity contribution in [3.05, 3.63) is 49.9 Å². The molecule has 2 aromatic carbocycles. The van der Waals surface area contributed by atoms with Crippen molar-refractivity contribution in [2.75, 3.05) is 0 Å². The van der Waals surface area contributed by atoms with E-state index in [2.05, 4.69) is 71.0 Å². The number of fused-ring (bicyclic) bond motifs is 3. The third-order valence-electron chi connectivity index (χ3n) is 2.72. The van der Waals surface area contributed by atoms with Crippen molar-refractivity contribution in [1.29, 1.82) is 0 Å². The van der Waals surface area contributed by atoms with Crippen molar-refractivity contribution in [3.63, 3.8) is 0 Å². The molecule has 0 atom stereocenters. The molecule has 0 aliphatic heterocycles. The van der Waals surface area contributed by atoms with Crippen LogP contribution in [-0.4, -0.2) is 4.98 Å². The second kappa shape index (κ2) is 4.34. The Labute approximate surface area is 124 Å². The van der Waals surface area contributed by atoms with Crippen LogP contribution in [0.2, 0.25) is 0 Å². The van der Waals surface area contributed by atoms with Gasteiger partial charge in [0.25, 0.3) is 0 Å². The van der Waals surface area contributed by atoms with Crippen LogP contribution in [-0.2, 0) is 0 Å². The van der Waals surface area contributed by atoms with Crippen molar-refractivity contribution in [3.8, 4) is 0 Å². The fraction of sp³-hybridized carbons (Fsp3) is 0. The van der Waals surface area contributed by atoms with Gasteiger partial charge in [-0.1, -0.05) is 40.2 Å². The quantitative estimate of drug-likeness (QED) is 0.431. The lowest BCUT2D eigenvalue weighted by Crippen LogP contribution is -1.85. The summed E-state index contributed by atoms with van der Waals surface area (Å²) in [7, 11) is 0. The second-order valence-electron chi connectivity index (χ2n) is 3.72. The first-order valence-electron chi connectivity index (χ1n) is 4.99. The van der Waals surface area contributed by atoms with Gasteiger partial charge < -0.3 is 0 Å². The van der Waals surface area contributed by atoms with E-state index < -0.39 is 0 Å². The van der Waals surface area contributed by atoms with Crippen LogP contribution in [0.3, 0.4) is 0 Å². The fourth-order valence-electron chi connectivity index (χ4n) is 1.93. The van der Waals surface area contributed by atoms with E-state index in [0.717, 1.165) is 29.7 Å². The third kappa shape index (κ3) is 1.83. The van der Waals surface area contributed by atoms with Gasteiger partial charge in [0.2, 0.25) is 0 Å². The summed E-state index contributed by atoms with van der Waals surface area (Å²) < 4.78 is 3.09. The number of hydrogen-bond acceptors (Lipinski definition) is 1. The molecular weight excluding hydrogens is 410 g/mol. The predicted octanol–water partition coefficient (Wildman–Crippen LogP) is 5.68. The van der Waals surface area contributed by atoms with Crippen molar-refractivity contribution in [2.45, 2.75) is 0 Å². The molecule has 0 amide bonds. The van der Waals surface area contributed by atoms with Crippen LogP contribution in [0.25, 0.3) is 21.7 Å². The molecule has 84 valence electrons. The van der Waals surface area contributed by atoms with Crippen LogP contribution in [0.5, 0.6) is 0 Å². The average molecular weight is 416 g/mol. The Bertz CT molecular complexity index is 737. The zero-order valence-corrected chi connectivity index (χ0v) is 13.3. The zero-order valence-electron chi connectivity index (χ0n) is 8.55. The van der Waals surface area contributed by atoms with Gasteiger partial charge in [0, 0.05) is 25.9 Å². The van der Waals surface area contributed by atoms with Crippen LogP contribution in [0, 0.1) is 0 Å². The van der Waals surface area contributed by atoms with Crippen LogP contribution in [0.4, 0.5) is 0 Å². The summed E-state index contributed by atoms with van der Waals surface area (Å²) in [6.45, 7) is 0. The van der Waals surface area contributed by atoms with E-state index in [-0.39, 0.29) is 0 Å². The molecule has 1 heterocycles. The molecule has 0 aliphatic rings. The Morgan fingerprint density at radius 3 is 2.29 bits per heavy atom. The molecule has 17 heavy (non-hydrogen) atoms. The van der Waals surface area contributed by atoms with E-state index in [9.17, 15) is 0 Å². The van der Waals surface area contributed by atoms with Crippen LogP contribution in [0.1, 0.15) is 0 Å². The van der Waals surface area contributed by atoms with Crippen molar-refractivity contribution < 1.29 is 0 Å². The number of nitrogens with zero attached hydrogens (tertiary/aromatic N) is 1. The van der Waals surface area contributed by atoms with Gasteiger partial charge in [-0.15, -0.1) is 0 Å². The smallest absolute Gasteiger partial charge is 0.0793 e. The monoisotopic (exact) mass is 413 g/mol. The van der Waals surface area contributed by atoms with Gasteiger partial charge in [-0.25, -0.2) is 0 Å². The topological polar surface area (TPSA) is 12.9 Å². The molecule has 0 aliphatic carbocycles. The molecular formula is C13H6Br3N. The Balaban J connectivity index is 2.62. The maximum absolute atomic E-state index is 4.51. The summed E-state index contributed by atoms with van der Waals surface area (Å²) in [4.78, 5) is 4.51. The Hall–Kier alpha value is -0.450. The molecule has 0 radical (unpaired) electrons. The highest BCUT2D eigenvalue weighted by Crippen LogP contribution is 2.36. The highest BCUT2D eigenvalue weighted by atomic mass is 79.9. The standard InChI is InChI=1S/C13H6Br3N/c14-10-5-9-12(16)11(15)6-17-13(9)8-4-2-1-3-7(8)10/h1-6H. The second-order valence-corrected chi connectivity index (χ2v) is 6.22. The Kier molecular flexibility index (Phi) is 2.97. The summed E-state index contributed by atoms with van der Waals surface area (Å²) in [5.41, 5.74) is 1.01. The number of aromatic nitrogens is 1. The van der Waals surface area contributed by atoms with Crippen molar-refractivity contribution in [2.24, 2.45) is 0 Å². The van der Waals surface area contributed by atoms with E-state index in [4.69, 9.17) is 0 Å². The normalized spacial score (nSPS) is 11.2. The number of hydrogen-bond donors (Lipinski definition) is 0. The van der Waals surface area contributed by atoms with E-state index >= 15 is 0 Å². The summed E-state index contributed by atoms with van der Waals surface area (Å²) >= 11 is 10.7. The number of pyridine rings is 1. The summed E-state index contributed by atoms with van der Waals surface area (Å²) in [5.74, 6) is 0. The summed E-state index contributed by atoms with van der Waals surface area (Å²) in [5, 5.41) is 3.44. The highest BCUT2D eigenvalue weighted by molar-refractivity contribution is 9.13. The van der Waals surface area contributed by atoms with Crippen LogP contribution < -0.4 is 0 Å². The first-order chi connectivity index (χ1) is 8.18. The maximum Gasteiger partial charge on any atom is 0.0793 e. The van der Waals surface area contributed by atoms with E-state index in [0.29, 0.717) is 0 Å². The van der Waals surface area contributed by atoms with Gasteiger partial charge in [-0.2, -0.15) is 0 Å². The number of benzene rings is 2. The molecule has 0 unspecified atom stereocenters. The fourth-order valence-corrected chi connectivity index (χ4v) is 3.22. The van der Waals surface area contributed by atoms with Gasteiger partial charge in [-0.3, -0.25) is 4.98 Å². The molecule has 1 nitrogen and oxygen atoms in total. The first kappa shape index (κ1) is 11.6. The van der Waals surface area contributed by atoms with Gasteiger partial charge in [0.15, 0.2) is 0 Å². The molecule has 1 aromatic heterocycles. The molecule has 0 fully saturated rings. The number of rotatable bonds is 0. The van der Waals surface area contributed by atoms with E-state index in [1.807, 2.05) is 18.3 Å². The lowest BCUT2D eigenvalue weighted by Gasteiger charge is -2.08. The zero-order chi connectivity index (χ0) is 12.0. The molecule has 3 aromatic rings. The van der Waals surface area contributed by atoms with Crippen LogP contribution in [0.15, 0.2) is 49.9 Å². The molecule has 3 rings (SSSR count). The first-order valence-corrected chi connectivity index (χ1v) is 7.37. The van der Waals surface area contributed by atoms with Crippen molar-refractivity contribution >= 4 is 69.5 Å². The minimum atomic E-state index is 0.965. The average Bonchev–Trinajstić information content (AvgIpc) is 2.35. The van der Waals surface area contributed by atoms with Gasteiger partial charge >= 0.3 is 0 Å². The van der Waals surface area contributed by atoms with E-state index in [1.54, 1.807) is 0 Å². The Morgan fingerprint density at radius 1 is 0.824 bits per heavy atom. The summed E-state index contributed by atoms with van der Waals surface area (Å²) in [6.07, 6.45) is 1.83. The predicted molar refractivity (Wildman–Crippen MR) is 82.3 cm³/mol. The molecule has 0 N–H and O–H groups in total. The van der Waals surface area contributed by atoms with E-state index in [1.165, 1.54) is 5.39 Å². The molecule has 0 saturated carbocycles. The largest absolute Gasteiger partial charge is 0.254 e. The minimum Gasteiger partial charge on any atom is -0.254 e. The summed E-state index contributed by atoms with van der Waals surface area (Å²) in [6, 6.07) is 10.4. The van der Waals surface area contributed by atoms with Crippen molar-refractivity contribution in [1.82, 2.24) is 4.98 Å². The van der Waals surface area contributed by atoms with Gasteiger partial charge in [0.1, 0.15) is 0 Å². The molecule has 0 bridgehead atoms.